The molecule has 0 spiro atoms. The highest BCUT2D eigenvalue weighted by molar-refractivity contribution is 5.89. The molecule has 1 heterocycles. The second-order valence-corrected chi connectivity index (χ2v) is 12.7. The first-order valence-corrected chi connectivity index (χ1v) is 14.3. The number of hydrogen-bond acceptors (Lipinski definition) is 3. The maximum atomic E-state index is 13.5. The first-order chi connectivity index (χ1) is 18.2. The molecule has 5 nitrogen and oxygen atoms in total. The van der Waals surface area contributed by atoms with Gasteiger partial charge in [0, 0.05) is 16.9 Å². The van der Waals surface area contributed by atoms with E-state index in [1.807, 2.05) is 36.4 Å². The van der Waals surface area contributed by atoms with Gasteiger partial charge in [-0.25, -0.2) is 4.79 Å². The number of nitrogens with one attached hydrogen (secondary N) is 2. The third kappa shape index (κ3) is 3.97. The summed E-state index contributed by atoms with van der Waals surface area (Å²) in [6.07, 6.45) is 9.84. The molecule has 6 rings (SSSR count). The predicted octanol–water partition coefficient (Wildman–Crippen LogP) is 6.34. The Hall–Kier alpha value is -3.08. The number of rotatable bonds is 4. The number of fused-ring (bicyclic) bond motifs is 5. The number of carbonyl (C=O) groups is 2. The molecule has 0 aromatic heterocycles. The zero-order valence-electron chi connectivity index (χ0n) is 22.8. The van der Waals surface area contributed by atoms with E-state index in [1.54, 1.807) is 6.08 Å². The molecule has 3 aliphatic carbocycles. The second kappa shape index (κ2) is 9.29. The van der Waals surface area contributed by atoms with Gasteiger partial charge < -0.3 is 15.4 Å². The van der Waals surface area contributed by atoms with Crippen LogP contribution in [0.1, 0.15) is 70.4 Å². The van der Waals surface area contributed by atoms with Crippen LogP contribution in [0.5, 0.6) is 0 Å². The van der Waals surface area contributed by atoms with Gasteiger partial charge in [-0.3, -0.25) is 4.79 Å². The molecule has 2 amide bonds. The fraction of sp³-hybridized carbons (Fsp3) is 0.515. The molecule has 4 aliphatic rings. The van der Waals surface area contributed by atoms with Crippen LogP contribution in [0.3, 0.4) is 0 Å². The van der Waals surface area contributed by atoms with Crippen molar-refractivity contribution in [2.75, 3.05) is 0 Å². The highest BCUT2D eigenvalue weighted by Gasteiger charge is 2.60. The molecule has 0 bridgehead atoms. The molecule has 0 radical (unpaired) electrons. The lowest BCUT2D eigenvalue weighted by Crippen LogP contribution is -2.59. The van der Waals surface area contributed by atoms with E-state index in [0.717, 1.165) is 49.7 Å². The number of benzene rings is 2. The van der Waals surface area contributed by atoms with Gasteiger partial charge >= 0.3 is 6.09 Å². The Balaban J connectivity index is 1.20. The van der Waals surface area contributed by atoms with Crippen molar-refractivity contribution < 1.29 is 14.3 Å². The van der Waals surface area contributed by atoms with E-state index in [0.29, 0.717) is 17.8 Å². The second-order valence-electron chi connectivity index (χ2n) is 12.7. The largest absolute Gasteiger partial charge is 0.446 e. The Morgan fingerprint density at radius 1 is 0.921 bits per heavy atom. The molecule has 3 saturated carbocycles. The van der Waals surface area contributed by atoms with E-state index in [9.17, 15) is 9.59 Å². The van der Waals surface area contributed by atoms with Crippen LogP contribution in [0.4, 0.5) is 4.79 Å². The van der Waals surface area contributed by atoms with E-state index in [2.05, 4.69) is 61.7 Å². The molecule has 1 aliphatic heterocycles. The number of amides is 2. The van der Waals surface area contributed by atoms with Crippen molar-refractivity contribution in [2.24, 2.45) is 28.6 Å². The molecule has 3 fully saturated rings. The first kappa shape index (κ1) is 25.2. The summed E-state index contributed by atoms with van der Waals surface area (Å²) in [5, 5.41) is 6.50. The van der Waals surface area contributed by atoms with Crippen LogP contribution in [0.2, 0.25) is 0 Å². The molecule has 0 saturated heterocycles. The molecule has 0 unspecified atom stereocenters. The molecule has 38 heavy (non-hydrogen) atoms. The quantitative estimate of drug-likeness (QED) is 0.502. The van der Waals surface area contributed by atoms with Crippen molar-refractivity contribution in [1.82, 2.24) is 10.6 Å². The number of alkyl carbamates (subject to hydrolysis) is 1. The van der Waals surface area contributed by atoms with Gasteiger partial charge in [-0.15, -0.1) is 0 Å². The molecule has 200 valence electrons. The lowest BCUT2D eigenvalue weighted by atomic mass is 9.48. The van der Waals surface area contributed by atoms with E-state index in [4.69, 9.17) is 4.74 Å². The molecule has 2 aromatic carbocycles. The van der Waals surface area contributed by atoms with Crippen LogP contribution >= 0.6 is 0 Å². The summed E-state index contributed by atoms with van der Waals surface area (Å²) in [6, 6.07) is 20.5. The average molecular weight is 513 g/mol. The topological polar surface area (TPSA) is 67.4 Å². The third-order valence-corrected chi connectivity index (χ3v) is 10.9. The van der Waals surface area contributed by atoms with Crippen LogP contribution < -0.4 is 10.6 Å². The predicted molar refractivity (Wildman–Crippen MR) is 148 cm³/mol. The lowest BCUT2D eigenvalue weighted by molar-refractivity contribution is -0.123. The van der Waals surface area contributed by atoms with Gasteiger partial charge in [0.15, 0.2) is 0 Å². The van der Waals surface area contributed by atoms with Crippen molar-refractivity contribution >= 4 is 12.0 Å². The van der Waals surface area contributed by atoms with Crippen LogP contribution in [0, 0.1) is 28.6 Å². The van der Waals surface area contributed by atoms with Gasteiger partial charge in [0.1, 0.15) is 6.10 Å². The van der Waals surface area contributed by atoms with E-state index in [-0.39, 0.29) is 35.0 Å². The Bertz CT molecular complexity index is 1190. The summed E-state index contributed by atoms with van der Waals surface area (Å²) in [6.45, 7) is 6.76. The van der Waals surface area contributed by atoms with Crippen molar-refractivity contribution in [3.05, 3.63) is 83.9 Å². The maximum absolute atomic E-state index is 13.5. The zero-order chi connectivity index (χ0) is 26.5. The molecule has 2 aromatic rings. The molecule has 5 heteroatoms. The molecular weight excluding hydrogens is 472 g/mol. The highest BCUT2D eigenvalue weighted by atomic mass is 16.6. The van der Waals surface area contributed by atoms with E-state index in [1.165, 1.54) is 0 Å². The lowest BCUT2D eigenvalue weighted by Gasteiger charge is -2.58. The van der Waals surface area contributed by atoms with Gasteiger partial charge in [0.2, 0.25) is 5.91 Å². The van der Waals surface area contributed by atoms with Crippen LogP contribution in [0.15, 0.2) is 72.8 Å². The Labute approximate surface area is 226 Å². The van der Waals surface area contributed by atoms with Gasteiger partial charge in [-0.2, -0.15) is 0 Å². The average Bonchev–Trinajstić information content (AvgIpc) is 3.25. The highest BCUT2D eigenvalue weighted by Crippen LogP contribution is 2.63. The minimum Gasteiger partial charge on any atom is -0.446 e. The Morgan fingerprint density at radius 2 is 1.58 bits per heavy atom. The molecule has 2 N–H and O–H groups in total. The number of ether oxygens (including phenoxy) is 1. The van der Waals surface area contributed by atoms with Gasteiger partial charge in [0.05, 0.1) is 5.54 Å². The molecular formula is C33H40N2O3. The Kier molecular flexibility index (Phi) is 6.16. The van der Waals surface area contributed by atoms with E-state index >= 15 is 0 Å². The fourth-order valence-electron chi connectivity index (χ4n) is 8.70. The SMILES string of the molecule is CC(NC(=O)O[C@H]1CC[C@H]2[C@@H]3CC[C@H]4NC(=O)C=C[C@]4(C)[C@H]3CC[C@]12C)(c1ccccc1)c1ccccc1. The third-order valence-electron chi connectivity index (χ3n) is 10.9. The van der Waals surface area contributed by atoms with Gasteiger partial charge in [-0.05, 0) is 80.4 Å². The zero-order valence-corrected chi connectivity index (χ0v) is 22.8. The summed E-state index contributed by atoms with van der Waals surface area (Å²) in [4.78, 5) is 25.6. The summed E-state index contributed by atoms with van der Waals surface area (Å²) in [5.74, 6) is 1.75. The smallest absolute Gasteiger partial charge is 0.408 e. The fourth-order valence-corrected chi connectivity index (χ4v) is 8.70. The van der Waals surface area contributed by atoms with Gasteiger partial charge in [0.25, 0.3) is 0 Å². The van der Waals surface area contributed by atoms with E-state index < -0.39 is 5.54 Å². The number of hydrogen-bond donors (Lipinski definition) is 2. The summed E-state index contributed by atoms with van der Waals surface area (Å²) < 4.78 is 6.33. The van der Waals surface area contributed by atoms with Crippen LogP contribution in [0.25, 0.3) is 0 Å². The normalized spacial score (nSPS) is 35.9. The van der Waals surface area contributed by atoms with Crippen LogP contribution in [-0.4, -0.2) is 24.1 Å². The minimum absolute atomic E-state index is 0.0147. The van der Waals surface area contributed by atoms with Crippen molar-refractivity contribution in [3.63, 3.8) is 0 Å². The standard InChI is InChI=1S/C33H40N2O3/c1-31-21-19-29(36)34-27(31)16-14-24-25-15-17-28(32(25,2)20-18-26(24)31)38-30(37)35-33(3,22-10-6-4-7-11-22)23-12-8-5-9-13-23/h4-13,19,21,24-28H,14-18,20H2,1-3H3,(H,34,36)(H,35,37)/t24-,25-,26-,27+,28-,31+,32-/m0/s1. The maximum Gasteiger partial charge on any atom is 0.408 e. The summed E-state index contributed by atoms with van der Waals surface area (Å²) >= 11 is 0. The Morgan fingerprint density at radius 3 is 2.24 bits per heavy atom. The number of carbonyl (C=O) groups excluding carboxylic acids is 2. The summed E-state index contributed by atoms with van der Waals surface area (Å²) in [7, 11) is 0. The van der Waals surface area contributed by atoms with Crippen molar-refractivity contribution in [1.29, 1.82) is 0 Å². The summed E-state index contributed by atoms with van der Waals surface area (Å²) in [5.41, 5.74) is 1.36. The van der Waals surface area contributed by atoms with Gasteiger partial charge in [-0.1, -0.05) is 80.6 Å². The first-order valence-electron chi connectivity index (χ1n) is 14.3. The molecule has 7 atom stereocenters. The minimum atomic E-state index is -0.694. The van der Waals surface area contributed by atoms with Crippen molar-refractivity contribution in [2.45, 2.75) is 77.0 Å². The van der Waals surface area contributed by atoms with Crippen molar-refractivity contribution in [3.8, 4) is 0 Å². The monoisotopic (exact) mass is 512 g/mol. The van der Waals surface area contributed by atoms with Crippen LogP contribution in [-0.2, 0) is 15.1 Å².